The van der Waals surface area contributed by atoms with Crippen LogP contribution >= 0.6 is 0 Å². The Hall–Kier alpha value is -2.74. The minimum Gasteiger partial charge on any atom is -0.464 e. The fraction of sp³-hybridized carbons (Fsp3) is 0.389. The van der Waals surface area contributed by atoms with E-state index >= 15 is 0 Å². The van der Waals surface area contributed by atoms with Crippen molar-refractivity contribution in [1.29, 1.82) is 0 Å². The Morgan fingerprint density at radius 3 is 2.81 bits per heavy atom. The van der Waals surface area contributed by atoms with Crippen LogP contribution in [0.3, 0.4) is 0 Å². The number of amides is 1. The number of hydrogen-bond donors (Lipinski definition) is 2. The summed E-state index contributed by atoms with van der Waals surface area (Å²) in [6, 6.07) is 6.15. The Morgan fingerprint density at radius 2 is 2.12 bits per heavy atom. The standard InChI is InChI=1S/C18H21FN2O5/c1-3-25-17(23)18(2,24)11-21-15(22)8-9-16-20-10-14(26-16)12-6-4-5-7-13(12)19/h4-7,10,24H,3,8-9,11H2,1-2H3,(H,21,22)/t18-/m1/s1. The number of hydrogen-bond acceptors (Lipinski definition) is 6. The zero-order valence-corrected chi connectivity index (χ0v) is 14.6. The first-order valence-corrected chi connectivity index (χ1v) is 8.19. The molecule has 2 N–H and O–H groups in total. The Morgan fingerprint density at radius 1 is 1.38 bits per heavy atom. The molecule has 8 heteroatoms. The SMILES string of the molecule is CCOC(=O)[C@](C)(O)CNC(=O)CCc1ncc(-c2ccccc2F)o1. The Balaban J connectivity index is 1.85. The molecule has 0 saturated heterocycles. The van der Waals surface area contributed by atoms with Crippen LogP contribution in [-0.4, -0.2) is 40.7 Å². The third-order valence-corrected chi connectivity index (χ3v) is 3.60. The maximum Gasteiger partial charge on any atom is 0.339 e. The molecular formula is C18H21FN2O5. The molecule has 0 bridgehead atoms. The number of aromatic nitrogens is 1. The lowest BCUT2D eigenvalue weighted by atomic mass is 10.1. The lowest BCUT2D eigenvalue weighted by Crippen LogP contribution is -2.47. The average Bonchev–Trinajstić information content (AvgIpc) is 3.07. The molecule has 0 aliphatic heterocycles. The molecule has 26 heavy (non-hydrogen) atoms. The van der Waals surface area contributed by atoms with Gasteiger partial charge in [0.25, 0.3) is 0 Å². The average molecular weight is 364 g/mol. The normalized spacial score (nSPS) is 13.1. The molecule has 140 valence electrons. The maximum absolute atomic E-state index is 13.7. The summed E-state index contributed by atoms with van der Waals surface area (Å²) in [5, 5.41) is 12.4. The molecule has 0 radical (unpaired) electrons. The fourth-order valence-electron chi connectivity index (χ4n) is 2.15. The van der Waals surface area contributed by atoms with Crippen LogP contribution in [0.5, 0.6) is 0 Å². The topological polar surface area (TPSA) is 102 Å². The largest absolute Gasteiger partial charge is 0.464 e. The van der Waals surface area contributed by atoms with Crippen molar-refractivity contribution in [2.45, 2.75) is 32.3 Å². The number of aliphatic hydroxyl groups is 1. The Kier molecular flexibility index (Phi) is 6.46. The van der Waals surface area contributed by atoms with Crippen molar-refractivity contribution in [3.8, 4) is 11.3 Å². The number of halogens is 1. The number of carbonyl (C=O) groups excluding carboxylic acids is 2. The van der Waals surface area contributed by atoms with Gasteiger partial charge >= 0.3 is 5.97 Å². The second-order valence-corrected chi connectivity index (χ2v) is 5.87. The highest BCUT2D eigenvalue weighted by atomic mass is 19.1. The second-order valence-electron chi connectivity index (χ2n) is 5.87. The number of rotatable bonds is 8. The van der Waals surface area contributed by atoms with E-state index in [4.69, 9.17) is 9.15 Å². The van der Waals surface area contributed by atoms with Gasteiger partial charge < -0.3 is 19.6 Å². The summed E-state index contributed by atoms with van der Waals surface area (Å²) >= 11 is 0. The van der Waals surface area contributed by atoms with E-state index in [-0.39, 0.29) is 43.6 Å². The van der Waals surface area contributed by atoms with Crippen molar-refractivity contribution < 1.29 is 28.2 Å². The summed E-state index contributed by atoms with van der Waals surface area (Å²) in [7, 11) is 0. The number of nitrogens with zero attached hydrogens (tertiary/aromatic N) is 1. The molecule has 0 aliphatic rings. The summed E-state index contributed by atoms with van der Waals surface area (Å²) in [4.78, 5) is 27.4. The molecule has 0 spiro atoms. The van der Waals surface area contributed by atoms with E-state index < -0.39 is 17.4 Å². The van der Waals surface area contributed by atoms with Gasteiger partial charge in [0, 0.05) is 12.8 Å². The zero-order valence-electron chi connectivity index (χ0n) is 14.6. The third kappa shape index (κ3) is 5.13. The van der Waals surface area contributed by atoms with Crippen molar-refractivity contribution in [3.05, 3.63) is 42.2 Å². The highest BCUT2D eigenvalue weighted by Crippen LogP contribution is 2.23. The van der Waals surface area contributed by atoms with Crippen LogP contribution in [0.25, 0.3) is 11.3 Å². The molecule has 7 nitrogen and oxygen atoms in total. The van der Waals surface area contributed by atoms with E-state index in [1.54, 1.807) is 25.1 Å². The van der Waals surface area contributed by atoms with E-state index in [0.29, 0.717) is 5.56 Å². The van der Waals surface area contributed by atoms with Gasteiger partial charge in [-0.25, -0.2) is 14.2 Å². The number of carbonyl (C=O) groups is 2. The number of oxazole rings is 1. The second kappa shape index (κ2) is 8.57. The van der Waals surface area contributed by atoms with Gasteiger partial charge in [0.1, 0.15) is 5.82 Å². The predicted molar refractivity (Wildman–Crippen MR) is 90.5 cm³/mol. The van der Waals surface area contributed by atoms with Crippen LogP contribution in [-0.2, 0) is 20.7 Å². The van der Waals surface area contributed by atoms with Gasteiger partial charge in [-0.05, 0) is 26.0 Å². The molecule has 2 rings (SSSR count). The third-order valence-electron chi connectivity index (χ3n) is 3.60. The van der Waals surface area contributed by atoms with Crippen LogP contribution in [0.4, 0.5) is 4.39 Å². The van der Waals surface area contributed by atoms with E-state index in [1.807, 2.05) is 0 Å². The van der Waals surface area contributed by atoms with Gasteiger partial charge in [-0.2, -0.15) is 0 Å². The molecule has 1 atom stereocenters. The van der Waals surface area contributed by atoms with Crippen molar-refractivity contribution in [2.75, 3.05) is 13.2 Å². The highest BCUT2D eigenvalue weighted by Gasteiger charge is 2.32. The first-order valence-electron chi connectivity index (χ1n) is 8.19. The van der Waals surface area contributed by atoms with Crippen molar-refractivity contribution >= 4 is 11.9 Å². The number of ether oxygens (including phenoxy) is 1. The molecule has 1 aromatic carbocycles. The first kappa shape index (κ1) is 19.6. The van der Waals surface area contributed by atoms with Crippen LogP contribution < -0.4 is 5.32 Å². The van der Waals surface area contributed by atoms with Gasteiger partial charge in [-0.15, -0.1) is 0 Å². The molecule has 0 aliphatic carbocycles. The van der Waals surface area contributed by atoms with Crippen molar-refractivity contribution in [1.82, 2.24) is 10.3 Å². The molecule has 0 fully saturated rings. The molecule has 1 amide bonds. The number of nitrogens with one attached hydrogen (secondary N) is 1. The van der Waals surface area contributed by atoms with Gasteiger partial charge in [-0.1, -0.05) is 12.1 Å². The van der Waals surface area contributed by atoms with Crippen LogP contribution in [0.1, 0.15) is 26.2 Å². The van der Waals surface area contributed by atoms with E-state index in [0.717, 1.165) is 0 Å². The molecular weight excluding hydrogens is 343 g/mol. The number of benzene rings is 1. The fourth-order valence-corrected chi connectivity index (χ4v) is 2.15. The summed E-state index contributed by atoms with van der Waals surface area (Å²) in [5.41, 5.74) is -1.51. The Labute approximate surface area is 150 Å². The minimum atomic E-state index is -1.80. The quantitative estimate of drug-likeness (QED) is 0.693. The number of esters is 1. The lowest BCUT2D eigenvalue weighted by Gasteiger charge is -2.21. The molecule has 1 heterocycles. The summed E-state index contributed by atoms with van der Waals surface area (Å²) in [5.74, 6) is -1.05. The zero-order chi connectivity index (χ0) is 19.2. The van der Waals surface area contributed by atoms with Gasteiger partial charge in [0.15, 0.2) is 17.3 Å². The molecule has 2 aromatic rings. The summed E-state index contributed by atoms with van der Waals surface area (Å²) in [6.45, 7) is 2.76. The van der Waals surface area contributed by atoms with Crippen LogP contribution in [0.2, 0.25) is 0 Å². The smallest absolute Gasteiger partial charge is 0.339 e. The van der Waals surface area contributed by atoms with E-state index in [1.165, 1.54) is 19.2 Å². The summed E-state index contributed by atoms with van der Waals surface area (Å²) < 4.78 is 23.9. The minimum absolute atomic E-state index is 0.0378. The summed E-state index contributed by atoms with van der Waals surface area (Å²) in [6.07, 6.45) is 1.63. The van der Waals surface area contributed by atoms with E-state index in [2.05, 4.69) is 10.3 Å². The number of aryl methyl sites for hydroxylation is 1. The van der Waals surface area contributed by atoms with Gasteiger partial charge in [-0.3, -0.25) is 4.79 Å². The molecule has 1 aromatic heterocycles. The first-order chi connectivity index (χ1) is 12.3. The van der Waals surface area contributed by atoms with Crippen LogP contribution in [0, 0.1) is 5.82 Å². The van der Waals surface area contributed by atoms with Crippen LogP contribution in [0.15, 0.2) is 34.9 Å². The monoisotopic (exact) mass is 364 g/mol. The maximum atomic E-state index is 13.7. The molecule has 0 saturated carbocycles. The lowest BCUT2D eigenvalue weighted by molar-refractivity contribution is -0.162. The Bertz CT molecular complexity index is 772. The molecule has 0 unspecified atom stereocenters. The van der Waals surface area contributed by atoms with Crippen molar-refractivity contribution in [3.63, 3.8) is 0 Å². The van der Waals surface area contributed by atoms with Crippen molar-refractivity contribution in [2.24, 2.45) is 0 Å². The van der Waals surface area contributed by atoms with Gasteiger partial charge in [0.05, 0.1) is 24.9 Å². The van der Waals surface area contributed by atoms with Gasteiger partial charge in [0.2, 0.25) is 5.91 Å². The highest BCUT2D eigenvalue weighted by molar-refractivity contribution is 5.81. The predicted octanol–water partition coefficient (Wildman–Crippen LogP) is 1.84. The van der Waals surface area contributed by atoms with E-state index in [9.17, 15) is 19.1 Å².